The van der Waals surface area contributed by atoms with Crippen LogP contribution in [0, 0.1) is 46.3 Å². The van der Waals surface area contributed by atoms with Crippen LogP contribution in [0.3, 0.4) is 0 Å². The number of carbonyl (C=O) groups is 1. The summed E-state index contributed by atoms with van der Waals surface area (Å²) in [6.45, 7) is 8.74. The van der Waals surface area contributed by atoms with E-state index in [-0.39, 0.29) is 41.3 Å². The van der Waals surface area contributed by atoms with E-state index in [1.54, 1.807) is 0 Å². The van der Waals surface area contributed by atoms with Gasteiger partial charge in [0.2, 0.25) is 6.79 Å². The second-order valence-electron chi connectivity index (χ2n) is 12.7. The molecule has 11 unspecified atom stereocenters. The Morgan fingerprint density at radius 3 is 2.49 bits per heavy atom. The van der Waals surface area contributed by atoms with Gasteiger partial charge in [0.1, 0.15) is 0 Å². The normalized spacial score (nSPS) is 44.4. The second kappa shape index (κ2) is 11.1. The minimum absolute atomic E-state index is 0.114. The van der Waals surface area contributed by atoms with Crippen molar-refractivity contribution in [2.75, 3.05) is 13.4 Å². The monoisotopic (exact) mass is 546 g/mol. The summed E-state index contributed by atoms with van der Waals surface area (Å²) in [5.74, 6) is 1.41. The Balaban J connectivity index is 1.47. The van der Waals surface area contributed by atoms with Gasteiger partial charge in [0.05, 0.1) is 18.3 Å². The van der Waals surface area contributed by atoms with Gasteiger partial charge < -0.3 is 29.5 Å². The van der Waals surface area contributed by atoms with Crippen LogP contribution in [-0.4, -0.2) is 57.7 Å². The van der Waals surface area contributed by atoms with Crippen molar-refractivity contribution in [2.24, 2.45) is 46.3 Å². The minimum atomic E-state index is -4.68. The van der Waals surface area contributed by atoms with Crippen LogP contribution >= 0.6 is 7.82 Å². The third kappa shape index (κ3) is 5.70. The largest absolute Gasteiger partial charge is 0.472 e. The molecule has 9 nitrogen and oxygen atoms in total. The molecule has 10 heteroatoms. The quantitative estimate of drug-likeness (QED) is 0.192. The van der Waals surface area contributed by atoms with Crippen molar-refractivity contribution in [2.45, 2.75) is 104 Å². The SMILES string of the molecule is CCOC1CC2CC(O)CCC2(C)C2CC(O)C3(C)C(C(C)CCC(=O)OCOP(=O)(O)O)CCC3C12. The molecular weight excluding hydrogens is 499 g/mol. The molecule has 0 aliphatic heterocycles. The van der Waals surface area contributed by atoms with Gasteiger partial charge in [0.25, 0.3) is 0 Å². The third-order valence-corrected chi connectivity index (χ3v) is 11.6. The van der Waals surface area contributed by atoms with Crippen LogP contribution < -0.4 is 0 Å². The standard InChI is InChI=1S/C27H47O9P/c1-5-34-22-13-17-12-18(28)10-11-26(17,3)21-14-23(29)27(4)19(7-8-20(27)25(21)22)16(2)6-9-24(30)35-15-36-37(31,32)33/h16-23,25,28-29H,5-15H2,1-4H3,(H2,31,32,33). The molecule has 0 amide bonds. The van der Waals surface area contributed by atoms with Crippen molar-refractivity contribution >= 4 is 13.8 Å². The average Bonchev–Trinajstić information content (AvgIpc) is 3.17. The topological polar surface area (TPSA) is 143 Å². The van der Waals surface area contributed by atoms with Gasteiger partial charge in [-0.05, 0) is 105 Å². The first kappa shape index (κ1) is 29.4. The van der Waals surface area contributed by atoms with E-state index in [9.17, 15) is 19.6 Å². The van der Waals surface area contributed by atoms with Crippen molar-refractivity contribution in [1.82, 2.24) is 0 Å². The summed E-state index contributed by atoms with van der Waals surface area (Å²) < 4.78 is 26.2. The number of phosphoric ester groups is 1. The van der Waals surface area contributed by atoms with E-state index in [2.05, 4.69) is 32.2 Å². The van der Waals surface area contributed by atoms with E-state index < -0.39 is 26.7 Å². The maximum atomic E-state index is 12.1. The van der Waals surface area contributed by atoms with Crippen molar-refractivity contribution in [3.63, 3.8) is 0 Å². The number of ether oxygens (including phenoxy) is 2. The zero-order chi connectivity index (χ0) is 27.2. The third-order valence-electron chi connectivity index (χ3n) is 11.1. The Labute approximate surface area is 220 Å². The number of aliphatic hydroxyl groups is 2. The molecule has 0 bridgehead atoms. The van der Waals surface area contributed by atoms with Crippen molar-refractivity contribution in [3.8, 4) is 0 Å². The van der Waals surface area contributed by atoms with Crippen LogP contribution in [0.25, 0.3) is 0 Å². The number of aliphatic hydroxyl groups excluding tert-OH is 2. The van der Waals surface area contributed by atoms with Crippen molar-refractivity contribution < 1.29 is 43.4 Å². The minimum Gasteiger partial charge on any atom is -0.438 e. The summed E-state index contributed by atoms with van der Waals surface area (Å²) in [6, 6.07) is 0. The molecule has 4 aliphatic carbocycles. The second-order valence-corrected chi connectivity index (χ2v) is 14.0. The zero-order valence-corrected chi connectivity index (χ0v) is 23.6. The maximum absolute atomic E-state index is 12.1. The lowest BCUT2D eigenvalue weighted by atomic mass is 9.43. The van der Waals surface area contributed by atoms with Crippen LogP contribution in [-0.2, 0) is 23.4 Å². The van der Waals surface area contributed by atoms with Gasteiger partial charge in [-0.15, -0.1) is 0 Å². The summed E-state index contributed by atoms with van der Waals surface area (Å²) >= 11 is 0. The fraction of sp³-hybridized carbons (Fsp3) is 0.963. The molecule has 0 radical (unpaired) electrons. The van der Waals surface area contributed by atoms with Crippen LogP contribution in [0.15, 0.2) is 0 Å². The van der Waals surface area contributed by atoms with Gasteiger partial charge in [-0.2, -0.15) is 0 Å². The molecule has 37 heavy (non-hydrogen) atoms. The molecule has 4 rings (SSSR count). The number of hydrogen-bond donors (Lipinski definition) is 4. The zero-order valence-electron chi connectivity index (χ0n) is 22.8. The molecule has 0 aromatic heterocycles. The lowest BCUT2D eigenvalue weighted by molar-refractivity contribution is -0.216. The molecule has 0 heterocycles. The Hall–Kier alpha value is -0.540. The van der Waals surface area contributed by atoms with Gasteiger partial charge in [-0.1, -0.05) is 20.8 Å². The van der Waals surface area contributed by atoms with Gasteiger partial charge in [-0.3, -0.25) is 4.79 Å². The first-order valence-electron chi connectivity index (χ1n) is 14.1. The summed E-state index contributed by atoms with van der Waals surface area (Å²) in [6.07, 6.45) is 6.64. The highest BCUT2D eigenvalue weighted by Gasteiger charge is 2.66. The number of hydrogen-bond acceptors (Lipinski definition) is 7. The van der Waals surface area contributed by atoms with E-state index in [0.29, 0.717) is 36.7 Å². The molecular formula is C27H47O9P. The van der Waals surface area contributed by atoms with Gasteiger partial charge in [0, 0.05) is 13.0 Å². The summed E-state index contributed by atoms with van der Waals surface area (Å²) in [4.78, 5) is 29.6. The first-order chi connectivity index (χ1) is 17.3. The molecule has 4 N–H and O–H groups in total. The average molecular weight is 547 g/mol. The van der Waals surface area contributed by atoms with E-state index >= 15 is 0 Å². The highest BCUT2D eigenvalue weighted by Crippen LogP contribution is 2.68. The lowest BCUT2D eigenvalue weighted by Crippen LogP contribution is -2.62. The molecule has 0 aromatic carbocycles. The van der Waals surface area contributed by atoms with Crippen LogP contribution in [0.4, 0.5) is 0 Å². The molecule has 214 valence electrons. The molecule has 0 aromatic rings. The summed E-state index contributed by atoms with van der Waals surface area (Å²) in [5.41, 5.74) is -0.150. The molecule has 0 saturated heterocycles. The molecule has 4 saturated carbocycles. The molecule has 4 aliphatic rings. The Bertz CT molecular complexity index is 863. The van der Waals surface area contributed by atoms with Crippen LogP contribution in [0.5, 0.6) is 0 Å². The van der Waals surface area contributed by atoms with Crippen molar-refractivity contribution in [3.05, 3.63) is 0 Å². The van der Waals surface area contributed by atoms with E-state index in [4.69, 9.17) is 19.3 Å². The number of carbonyl (C=O) groups excluding carboxylic acids is 1. The van der Waals surface area contributed by atoms with E-state index in [1.165, 1.54) is 0 Å². The number of esters is 1. The Morgan fingerprint density at radius 1 is 1.08 bits per heavy atom. The van der Waals surface area contributed by atoms with Gasteiger partial charge >= 0.3 is 13.8 Å². The maximum Gasteiger partial charge on any atom is 0.472 e. The molecule has 0 spiro atoms. The summed E-state index contributed by atoms with van der Waals surface area (Å²) in [5, 5.41) is 22.2. The fourth-order valence-electron chi connectivity index (χ4n) is 9.28. The number of fused-ring (bicyclic) bond motifs is 5. The van der Waals surface area contributed by atoms with E-state index in [0.717, 1.165) is 44.9 Å². The predicted molar refractivity (Wildman–Crippen MR) is 136 cm³/mol. The van der Waals surface area contributed by atoms with E-state index in [1.807, 2.05) is 0 Å². The highest BCUT2D eigenvalue weighted by atomic mass is 31.2. The summed E-state index contributed by atoms with van der Waals surface area (Å²) in [7, 11) is -4.68. The smallest absolute Gasteiger partial charge is 0.438 e. The van der Waals surface area contributed by atoms with Crippen LogP contribution in [0.1, 0.15) is 85.5 Å². The predicted octanol–water partition coefficient (Wildman–Crippen LogP) is 4.02. The Morgan fingerprint density at radius 2 is 1.81 bits per heavy atom. The van der Waals surface area contributed by atoms with Gasteiger partial charge in [-0.25, -0.2) is 9.09 Å². The van der Waals surface area contributed by atoms with Crippen LogP contribution in [0.2, 0.25) is 0 Å². The fourth-order valence-corrected chi connectivity index (χ4v) is 9.47. The molecule has 4 fully saturated rings. The number of rotatable bonds is 9. The first-order valence-corrected chi connectivity index (χ1v) is 15.7. The highest BCUT2D eigenvalue weighted by molar-refractivity contribution is 7.46. The number of phosphoric acid groups is 1. The molecule has 11 atom stereocenters. The lowest BCUT2D eigenvalue weighted by Gasteiger charge is -2.64. The Kier molecular flexibility index (Phi) is 8.87. The van der Waals surface area contributed by atoms with Crippen molar-refractivity contribution in [1.29, 1.82) is 0 Å². The van der Waals surface area contributed by atoms with Gasteiger partial charge in [0.15, 0.2) is 0 Å².